The number of nitrogens with zero attached hydrogens (tertiary/aromatic N) is 1. The summed E-state index contributed by atoms with van der Waals surface area (Å²) in [5.74, 6) is -0.475. The Balaban J connectivity index is 3.04. The van der Waals surface area contributed by atoms with Crippen molar-refractivity contribution in [3.63, 3.8) is 0 Å². The maximum atomic E-state index is 12.8. The molecule has 0 amide bonds. The van der Waals surface area contributed by atoms with E-state index in [2.05, 4.69) is 0 Å². The van der Waals surface area contributed by atoms with Gasteiger partial charge in [0.05, 0.1) is 22.5 Å². The van der Waals surface area contributed by atoms with Crippen LogP contribution in [0.2, 0.25) is 10.0 Å². The first-order valence-corrected chi connectivity index (χ1v) is 4.58. The molecule has 1 nitrogen and oxygen atoms in total. The van der Waals surface area contributed by atoms with Gasteiger partial charge in [0, 0.05) is 5.56 Å². The fourth-order valence-corrected chi connectivity index (χ4v) is 1.53. The molecule has 4 heteroatoms. The minimum Gasteiger partial charge on any atom is -0.207 e. The number of hydrogen-bond acceptors (Lipinski definition) is 1. The quantitative estimate of drug-likeness (QED) is 0.751. The zero-order valence-corrected chi connectivity index (χ0v) is 8.61. The van der Waals surface area contributed by atoms with Crippen molar-refractivity contribution in [3.05, 3.63) is 39.6 Å². The van der Waals surface area contributed by atoms with Crippen LogP contribution >= 0.6 is 23.2 Å². The number of benzene rings is 1. The molecule has 0 radical (unpaired) electrons. The number of rotatable bonds is 2. The molecule has 0 unspecified atom stereocenters. The second-order valence-electron chi connectivity index (χ2n) is 2.55. The molecule has 0 aliphatic rings. The summed E-state index contributed by atoms with van der Waals surface area (Å²) in [4.78, 5) is 0. The van der Waals surface area contributed by atoms with Gasteiger partial charge in [-0.25, -0.2) is 4.39 Å². The lowest BCUT2D eigenvalue weighted by Crippen LogP contribution is -1.81. The highest BCUT2D eigenvalue weighted by Gasteiger charge is 2.04. The Labute approximate surface area is 91.4 Å². The first-order chi connectivity index (χ1) is 6.65. The van der Waals surface area contributed by atoms with Crippen LogP contribution < -0.4 is 0 Å². The lowest BCUT2D eigenvalue weighted by molar-refractivity contribution is 0.628. The average Bonchev–Trinajstić information content (AvgIpc) is 2.09. The monoisotopic (exact) mass is 229 g/mol. The maximum absolute atomic E-state index is 12.8. The molecule has 0 saturated carbocycles. The number of nitriles is 1. The van der Waals surface area contributed by atoms with Gasteiger partial charge in [0.15, 0.2) is 0 Å². The van der Waals surface area contributed by atoms with Crippen LogP contribution in [0.25, 0.3) is 6.08 Å². The molecule has 0 fully saturated rings. The van der Waals surface area contributed by atoms with Gasteiger partial charge in [-0.05, 0) is 12.1 Å². The molecule has 0 bridgehead atoms. The van der Waals surface area contributed by atoms with Crippen LogP contribution in [-0.4, -0.2) is 0 Å². The summed E-state index contributed by atoms with van der Waals surface area (Å²) in [5, 5.41) is 8.78. The highest BCUT2D eigenvalue weighted by molar-refractivity contribution is 6.37. The van der Waals surface area contributed by atoms with Crippen molar-refractivity contribution in [3.8, 4) is 6.07 Å². The smallest absolute Gasteiger partial charge is 0.126 e. The molecule has 0 aromatic heterocycles. The van der Waals surface area contributed by atoms with E-state index in [4.69, 9.17) is 28.5 Å². The normalized spacial score (nSPS) is 10.4. The topological polar surface area (TPSA) is 23.8 Å². The van der Waals surface area contributed by atoms with Crippen molar-refractivity contribution < 1.29 is 4.39 Å². The fourth-order valence-electron chi connectivity index (χ4n) is 0.942. The molecule has 0 spiro atoms. The Bertz CT molecular complexity index is 384. The third kappa shape index (κ3) is 2.73. The van der Waals surface area contributed by atoms with Gasteiger partial charge >= 0.3 is 0 Å². The van der Waals surface area contributed by atoms with Gasteiger partial charge in [-0.3, -0.25) is 0 Å². The molecule has 0 aliphatic carbocycles. The van der Waals surface area contributed by atoms with Crippen LogP contribution in [0.5, 0.6) is 0 Å². The van der Waals surface area contributed by atoms with E-state index in [1.165, 1.54) is 12.1 Å². The molecule has 1 aromatic rings. The molecule has 0 N–H and O–H groups in total. The van der Waals surface area contributed by atoms with Gasteiger partial charge in [0.1, 0.15) is 5.82 Å². The second kappa shape index (κ2) is 4.99. The Morgan fingerprint density at radius 1 is 1.36 bits per heavy atom. The summed E-state index contributed by atoms with van der Waals surface area (Å²) in [6.07, 6.45) is 3.49. The van der Waals surface area contributed by atoms with E-state index in [1.54, 1.807) is 12.2 Å². The predicted octanol–water partition coefficient (Wildman–Crippen LogP) is 4.06. The molecule has 0 atom stereocenters. The van der Waals surface area contributed by atoms with Gasteiger partial charge < -0.3 is 0 Å². The van der Waals surface area contributed by atoms with Crippen LogP contribution in [0.15, 0.2) is 18.2 Å². The third-order valence-electron chi connectivity index (χ3n) is 1.54. The van der Waals surface area contributed by atoms with Crippen LogP contribution in [0.1, 0.15) is 12.0 Å². The first kappa shape index (κ1) is 11.0. The summed E-state index contributed by atoms with van der Waals surface area (Å²) < 4.78 is 12.8. The summed E-state index contributed by atoms with van der Waals surface area (Å²) in [7, 11) is 0. The Morgan fingerprint density at radius 2 is 1.93 bits per heavy atom. The van der Waals surface area contributed by atoms with Gasteiger partial charge in [-0.2, -0.15) is 5.26 Å². The van der Waals surface area contributed by atoms with E-state index in [1.807, 2.05) is 6.07 Å². The van der Waals surface area contributed by atoms with Gasteiger partial charge in [0.25, 0.3) is 0 Å². The molecular weight excluding hydrogens is 224 g/mol. The second-order valence-corrected chi connectivity index (χ2v) is 3.36. The number of halogens is 3. The molecule has 14 heavy (non-hydrogen) atoms. The minimum atomic E-state index is -0.475. The molecule has 1 rings (SSSR count). The number of allylic oxidation sites excluding steroid dienone is 1. The van der Waals surface area contributed by atoms with E-state index >= 15 is 0 Å². The molecule has 72 valence electrons. The van der Waals surface area contributed by atoms with Gasteiger partial charge in [-0.15, -0.1) is 0 Å². The Kier molecular flexibility index (Phi) is 3.94. The largest absolute Gasteiger partial charge is 0.207 e. The SMILES string of the molecule is N#CCC=Cc1c(Cl)cc(F)cc1Cl. The average molecular weight is 230 g/mol. The van der Waals surface area contributed by atoms with Gasteiger partial charge in [0.2, 0.25) is 0 Å². The lowest BCUT2D eigenvalue weighted by atomic mass is 10.2. The third-order valence-corrected chi connectivity index (χ3v) is 2.16. The molecule has 0 heterocycles. The molecular formula is C10H6Cl2FN. The highest BCUT2D eigenvalue weighted by Crippen LogP contribution is 2.27. The van der Waals surface area contributed by atoms with Crippen molar-refractivity contribution >= 4 is 29.3 Å². The predicted molar refractivity (Wildman–Crippen MR) is 55.7 cm³/mol. The van der Waals surface area contributed by atoms with E-state index in [-0.39, 0.29) is 16.5 Å². The highest BCUT2D eigenvalue weighted by atomic mass is 35.5. The molecule has 0 aliphatic heterocycles. The van der Waals surface area contributed by atoms with E-state index < -0.39 is 5.82 Å². The van der Waals surface area contributed by atoms with E-state index in [0.29, 0.717) is 5.56 Å². The van der Waals surface area contributed by atoms with Crippen molar-refractivity contribution in [2.75, 3.05) is 0 Å². The van der Waals surface area contributed by atoms with Crippen molar-refractivity contribution in [1.29, 1.82) is 5.26 Å². The van der Waals surface area contributed by atoms with E-state index in [9.17, 15) is 4.39 Å². The summed E-state index contributed by atoms with van der Waals surface area (Å²) >= 11 is 11.5. The maximum Gasteiger partial charge on any atom is 0.126 e. The van der Waals surface area contributed by atoms with Crippen molar-refractivity contribution in [1.82, 2.24) is 0 Å². The molecule has 1 aromatic carbocycles. The number of hydrogen-bond donors (Lipinski definition) is 0. The van der Waals surface area contributed by atoms with Crippen LogP contribution in [0, 0.1) is 17.1 Å². The first-order valence-electron chi connectivity index (χ1n) is 3.83. The Morgan fingerprint density at radius 3 is 2.43 bits per heavy atom. The fraction of sp³-hybridized carbons (Fsp3) is 0.100. The summed E-state index contributed by atoms with van der Waals surface area (Å²) in [6.45, 7) is 0. The zero-order valence-electron chi connectivity index (χ0n) is 7.10. The van der Waals surface area contributed by atoms with Crippen molar-refractivity contribution in [2.24, 2.45) is 0 Å². The molecule has 0 saturated heterocycles. The van der Waals surface area contributed by atoms with Crippen molar-refractivity contribution in [2.45, 2.75) is 6.42 Å². The Hall–Kier alpha value is -1.04. The summed E-state index contributed by atoms with van der Waals surface area (Å²) in [5.41, 5.74) is 0.532. The zero-order chi connectivity index (χ0) is 10.6. The minimum absolute atomic E-state index is 0.240. The lowest BCUT2D eigenvalue weighted by Gasteiger charge is -2.01. The van der Waals surface area contributed by atoms with Crippen LogP contribution in [0.4, 0.5) is 4.39 Å². The van der Waals surface area contributed by atoms with E-state index in [0.717, 1.165) is 0 Å². The van der Waals surface area contributed by atoms with Crippen LogP contribution in [0.3, 0.4) is 0 Å². The van der Waals surface area contributed by atoms with Crippen LogP contribution in [-0.2, 0) is 0 Å². The van der Waals surface area contributed by atoms with Gasteiger partial charge in [-0.1, -0.05) is 35.4 Å². The standard InChI is InChI=1S/C10H6Cl2FN/c11-9-5-7(13)6-10(12)8(9)3-1-2-4-14/h1,3,5-6H,2H2. The summed E-state index contributed by atoms with van der Waals surface area (Å²) in [6, 6.07) is 4.30.